The first-order chi connectivity index (χ1) is 7.81. The zero-order valence-corrected chi connectivity index (χ0v) is 9.79. The minimum Gasteiger partial charge on any atom is -0.493 e. The number of hydrogen-bond donors (Lipinski definition) is 1. The van der Waals surface area contributed by atoms with Crippen molar-refractivity contribution in [3.8, 4) is 11.5 Å². The lowest BCUT2D eigenvalue weighted by atomic mass is 10.3. The Morgan fingerprint density at radius 3 is 2.29 bits per heavy atom. The van der Waals surface area contributed by atoms with Crippen molar-refractivity contribution in [2.24, 2.45) is 5.14 Å². The van der Waals surface area contributed by atoms with Crippen LogP contribution >= 0.6 is 0 Å². The summed E-state index contributed by atoms with van der Waals surface area (Å²) in [6.45, 7) is 0. The highest BCUT2D eigenvalue weighted by molar-refractivity contribution is 7.89. The number of rotatable bonds is 4. The van der Waals surface area contributed by atoms with Crippen LogP contribution in [0.5, 0.6) is 11.5 Å². The summed E-state index contributed by atoms with van der Waals surface area (Å²) in [4.78, 5) is 3.25. The summed E-state index contributed by atoms with van der Waals surface area (Å²) in [5, 5.41) is 4.07. The summed E-state index contributed by atoms with van der Waals surface area (Å²) in [6, 6.07) is 0.887. The number of pyridine rings is 1. The molecule has 1 aromatic heterocycles. The topological polar surface area (TPSA) is 91.5 Å². The van der Waals surface area contributed by atoms with Gasteiger partial charge in [0.15, 0.2) is 11.5 Å². The SMILES string of the molecule is COc1cc(C(F)F)nc(S(N)(=O)=O)c1OC. The van der Waals surface area contributed by atoms with E-state index in [0.29, 0.717) is 0 Å². The van der Waals surface area contributed by atoms with Gasteiger partial charge in [-0.1, -0.05) is 0 Å². The summed E-state index contributed by atoms with van der Waals surface area (Å²) >= 11 is 0. The second-order valence-corrected chi connectivity index (χ2v) is 4.41. The second-order valence-electron chi connectivity index (χ2n) is 2.93. The maximum absolute atomic E-state index is 12.5. The van der Waals surface area contributed by atoms with Crippen LogP contribution in [0.4, 0.5) is 8.78 Å². The largest absolute Gasteiger partial charge is 0.493 e. The van der Waals surface area contributed by atoms with Gasteiger partial charge in [0.1, 0.15) is 5.69 Å². The minimum atomic E-state index is -4.28. The molecule has 0 bridgehead atoms. The molecule has 0 amide bonds. The molecule has 96 valence electrons. The first kappa shape index (κ1) is 13.6. The predicted octanol–water partition coefficient (Wildman–Crippen LogP) is 0.684. The Morgan fingerprint density at radius 2 is 1.94 bits per heavy atom. The Kier molecular flexibility index (Phi) is 3.83. The maximum Gasteiger partial charge on any atom is 0.280 e. The third-order valence-corrected chi connectivity index (χ3v) is 2.66. The first-order valence-corrected chi connectivity index (χ1v) is 5.79. The standard InChI is InChI=1S/C8H10F2N2O4S/c1-15-5-3-4(7(9)10)12-8(6(5)16-2)17(11,13)14/h3,7H,1-2H3,(H2,11,13,14). The summed E-state index contributed by atoms with van der Waals surface area (Å²) < 4.78 is 56.8. The number of ether oxygens (including phenoxy) is 2. The Balaban J connectivity index is 3.60. The molecule has 0 saturated heterocycles. The van der Waals surface area contributed by atoms with Crippen LogP contribution in [0.15, 0.2) is 11.1 Å². The van der Waals surface area contributed by atoms with Gasteiger partial charge in [0.05, 0.1) is 14.2 Å². The molecule has 0 unspecified atom stereocenters. The lowest BCUT2D eigenvalue weighted by Gasteiger charge is -2.12. The lowest BCUT2D eigenvalue weighted by Crippen LogP contribution is -2.17. The van der Waals surface area contributed by atoms with E-state index in [9.17, 15) is 17.2 Å². The van der Waals surface area contributed by atoms with Gasteiger partial charge in [-0.15, -0.1) is 0 Å². The zero-order chi connectivity index (χ0) is 13.2. The number of sulfonamides is 1. The fourth-order valence-electron chi connectivity index (χ4n) is 1.15. The molecule has 1 aromatic rings. The highest BCUT2D eigenvalue weighted by atomic mass is 32.2. The first-order valence-electron chi connectivity index (χ1n) is 4.25. The highest BCUT2D eigenvalue weighted by Crippen LogP contribution is 2.35. The smallest absolute Gasteiger partial charge is 0.280 e. The third kappa shape index (κ3) is 2.80. The number of nitrogens with two attached hydrogens (primary N) is 1. The van der Waals surface area contributed by atoms with Gasteiger partial charge in [0.2, 0.25) is 5.03 Å². The van der Waals surface area contributed by atoms with Crippen molar-refractivity contribution in [3.05, 3.63) is 11.8 Å². The van der Waals surface area contributed by atoms with E-state index >= 15 is 0 Å². The third-order valence-electron chi connectivity index (χ3n) is 1.84. The van der Waals surface area contributed by atoms with Crippen LogP contribution in [0.25, 0.3) is 0 Å². The van der Waals surface area contributed by atoms with Gasteiger partial charge in [0, 0.05) is 6.07 Å². The van der Waals surface area contributed by atoms with Gasteiger partial charge in [-0.3, -0.25) is 0 Å². The van der Waals surface area contributed by atoms with Crippen LogP contribution in [-0.2, 0) is 10.0 Å². The van der Waals surface area contributed by atoms with E-state index in [2.05, 4.69) is 4.98 Å². The van der Waals surface area contributed by atoms with Crippen molar-refractivity contribution in [3.63, 3.8) is 0 Å². The Labute approximate surface area is 96.4 Å². The Hall–Kier alpha value is -1.48. The Bertz CT molecular complexity index is 519. The van der Waals surface area contributed by atoms with Crippen molar-refractivity contribution >= 4 is 10.0 Å². The Morgan fingerprint density at radius 1 is 1.35 bits per heavy atom. The minimum absolute atomic E-state index is 0.179. The molecule has 0 atom stereocenters. The van der Waals surface area contributed by atoms with Crippen LogP contribution in [-0.4, -0.2) is 27.6 Å². The van der Waals surface area contributed by atoms with Crippen LogP contribution in [0, 0.1) is 0 Å². The summed E-state index contributed by atoms with van der Waals surface area (Å²) in [5.41, 5.74) is -0.758. The summed E-state index contributed by atoms with van der Waals surface area (Å²) in [7, 11) is -1.95. The number of hydrogen-bond acceptors (Lipinski definition) is 5. The van der Waals surface area contributed by atoms with E-state index in [-0.39, 0.29) is 11.5 Å². The maximum atomic E-state index is 12.5. The number of methoxy groups -OCH3 is 2. The van der Waals surface area contributed by atoms with Crippen molar-refractivity contribution in [1.29, 1.82) is 0 Å². The molecule has 0 aliphatic heterocycles. The van der Waals surface area contributed by atoms with Crippen LogP contribution in [0.1, 0.15) is 12.1 Å². The van der Waals surface area contributed by atoms with E-state index in [1.165, 1.54) is 7.11 Å². The molecule has 0 saturated carbocycles. The zero-order valence-electron chi connectivity index (χ0n) is 8.98. The van der Waals surface area contributed by atoms with Gasteiger partial charge in [0.25, 0.3) is 16.4 Å². The highest BCUT2D eigenvalue weighted by Gasteiger charge is 2.25. The average Bonchev–Trinajstić information content (AvgIpc) is 2.25. The molecule has 9 heteroatoms. The van der Waals surface area contributed by atoms with Gasteiger partial charge in [-0.2, -0.15) is 0 Å². The number of aromatic nitrogens is 1. The molecule has 1 heterocycles. The van der Waals surface area contributed by atoms with Crippen LogP contribution in [0.2, 0.25) is 0 Å². The average molecular weight is 268 g/mol. The molecule has 0 aromatic carbocycles. The van der Waals surface area contributed by atoms with Gasteiger partial charge in [-0.25, -0.2) is 27.3 Å². The quantitative estimate of drug-likeness (QED) is 0.867. The molecule has 6 nitrogen and oxygen atoms in total. The van der Waals surface area contributed by atoms with Crippen LogP contribution < -0.4 is 14.6 Å². The van der Waals surface area contributed by atoms with Crippen molar-refractivity contribution in [2.75, 3.05) is 14.2 Å². The molecular formula is C8H10F2N2O4S. The molecule has 0 radical (unpaired) electrons. The monoisotopic (exact) mass is 268 g/mol. The molecule has 1 rings (SSSR count). The fourth-order valence-corrected chi connectivity index (χ4v) is 1.82. The van der Waals surface area contributed by atoms with Gasteiger partial charge >= 0.3 is 0 Å². The second kappa shape index (κ2) is 4.80. The number of alkyl halides is 2. The molecular weight excluding hydrogens is 258 g/mol. The summed E-state index contributed by atoms with van der Waals surface area (Å²) in [6.07, 6.45) is -2.95. The van der Waals surface area contributed by atoms with E-state index in [1.807, 2.05) is 0 Å². The van der Waals surface area contributed by atoms with Crippen LogP contribution in [0.3, 0.4) is 0 Å². The van der Waals surface area contributed by atoms with E-state index < -0.39 is 27.2 Å². The van der Waals surface area contributed by atoms with Crippen molar-refractivity contribution < 1.29 is 26.7 Å². The van der Waals surface area contributed by atoms with Crippen molar-refractivity contribution in [1.82, 2.24) is 4.98 Å². The molecule has 2 N–H and O–H groups in total. The molecule has 0 aliphatic carbocycles. The van der Waals surface area contributed by atoms with Crippen molar-refractivity contribution in [2.45, 2.75) is 11.5 Å². The number of halogens is 2. The molecule has 0 fully saturated rings. The number of nitrogens with zero attached hydrogens (tertiary/aromatic N) is 1. The molecule has 0 aliphatic rings. The normalized spacial score (nSPS) is 11.6. The van der Waals surface area contributed by atoms with Gasteiger partial charge in [-0.05, 0) is 0 Å². The molecule has 17 heavy (non-hydrogen) atoms. The lowest BCUT2D eigenvalue weighted by molar-refractivity contribution is 0.144. The van der Waals surface area contributed by atoms with E-state index in [0.717, 1.165) is 13.2 Å². The van der Waals surface area contributed by atoms with E-state index in [1.54, 1.807) is 0 Å². The fraction of sp³-hybridized carbons (Fsp3) is 0.375. The van der Waals surface area contributed by atoms with E-state index in [4.69, 9.17) is 14.6 Å². The van der Waals surface area contributed by atoms with Gasteiger partial charge < -0.3 is 9.47 Å². The predicted molar refractivity (Wildman–Crippen MR) is 53.7 cm³/mol. The molecule has 0 spiro atoms. The number of primary sulfonamides is 1. The summed E-state index contributed by atoms with van der Waals surface area (Å²) in [5.74, 6) is -0.485.